The molecule has 0 aromatic heterocycles. The molecule has 0 amide bonds. The van der Waals surface area contributed by atoms with Gasteiger partial charge in [0.05, 0.1) is 0 Å². The molecule has 70 valence electrons. The summed E-state index contributed by atoms with van der Waals surface area (Å²) in [6.45, 7) is 6.96. The highest BCUT2D eigenvalue weighted by molar-refractivity contribution is 14.1. The van der Waals surface area contributed by atoms with Gasteiger partial charge < -0.3 is 0 Å². The van der Waals surface area contributed by atoms with Crippen molar-refractivity contribution in [2.45, 2.75) is 44.0 Å². The first-order valence-electron chi connectivity index (χ1n) is 5.03. The lowest BCUT2D eigenvalue weighted by Crippen LogP contribution is -2.21. The molecule has 0 bridgehead atoms. The zero-order valence-corrected chi connectivity index (χ0v) is 10.5. The average Bonchev–Trinajstić information content (AvgIpc) is 2.08. The Morgan fingerprint density at radius 1 is 1.50 bits per heavy atom. The fraction of sp³-hybridized carbons (Fsp3) is 0.818. The summed E-state index contributed by atoms with van der Waals surface area (Å²) < 4.78 is 0.814. The van der Waals surface area contributed by atoms with Crippen LogP contribution in [0.15, 0.2) is 11.6 Å². The summed E-state index contributed by atoms with van der Waals surface area (Å²) in [6, 6.07) is 0. The molecule has 1 heteroatoms. The Hall–Kier alpha value is 0.470. The van der Waals surface area contributed by atoms with Crippen LogP contribution in [0.25, 0.3) is 0 Å². The summed E-state index contributed by atoms with van der Waals surface area (Å²) in [6.07, 6.45) is 6.50. The Balaban J connectivity index is 2.69. The minimum Gasteiger partial charge on any atom is -0.0812 e. The second kappa shape index (κ2) is 4.64. The van der Waals surface area contributed by atoms with Gasteiger partial charge in [-0.3, -0.25) is 0 Å². The highest BCUT2D eigenvalue weighted by atomic mass is 127. The van der Waals surface area contributed by atoms with E-state index in [2.05, 4.69) is 49.4 Å². The van der Waals surface area contributed by atoms with Crippen LogP contribution in [0.1, 0.15) is 40.0 Å². The molecule has 0 N–H and O–H groups in total. The largest absolute Gasteiger partial charge is 0.0812 e. The van der Waals surface area contributed by atoms with Crippen molar-refractivity contribution >= 4 is 22.6 Å². The van der Waals surface area contributed by atoms with Crippen molar-refractivity contribution in [1.82, 2.24) is 0 Å². The summed E-state index contributed by atoms with van der Waals surface area (Å²) in [5.74, 6) is 1.75. The molecule has 0 heterocycles. The van der Waals surface area contributed by atoms with Crippen molar-refractivity contribution in [3.63, 3.8) is 0 Å². The molecule has 0 spiro atoms. The second-order valence-electron chi connectivity index (χ2n) is 3.83. The minimum absolute atomic E-state index is 0.814. The van der Waals surface area contributed by atoms with Crippen LogP contribution in [0.4, 0.5) is 0 Å². The van der Waals surface area contributed by atoms with E-state index >= 15 is 0 Å². The summed E-state index contributed by atoms with van der Waals surface area (Å²) in [7, 11) is 0. The molecule has 1 aliphatic carbocycles. The summed E-state index contributed by atoms with van der Waals surface area (Å²) >= 11 is 2.60. The first kappa shape index (κ1) is 10.6. The maximum absolute atomic E-state index is 2.60. The zero-order chi connectivity index (χ0) is 9.14. The van der Waals surface area contributed by atoms with Crippen molar-refractivity contribution in [3.05, 3.63) is 11.6 Å². The van der Waals surface area contributed by atoms with E-state index in [9.17, 15) is 0 Å². The molecule has 12 heavy (non-hydrogen) atoms. The number of rotatable bonds is 2. The predicted molar refractivity (Wildman–Crippen MR) is 63.7 cm³/mol. The molecular formula is C11H19I. The Bertz CT molecular complexity index is 172. The van der Waals surface area contributed by atoms with Crippen LogP contribution in [0.3, 0.4) is 0 Å². The zero-order valence-electron chi connectivity index (χ0n) is 8.31. The maximum atomic E-state index is 2.60. The van der Waals surface area contributed by atoms with Crippen LogP contribution < -0.4 is 0 Å². The van der Waals surface area contributed by atoms with Crippen molar-refractivity contribution in [1.29, 1.82) is 0 Å². The van der Waals surface area contributed by atoms with Gasteiger partial charge in [0, 0.05) is 3.92 Å². The smallest absolute Gasteiger partial charge is 0.0321 e. The van der Waals surface area contributed by atoms with Gasteiger partial charge in [-0.1, -0.05) is 61.4 Å². The molecule has 0 nitrogen and oxygen atoms in total. The van der Waals surface area contributed by atoms with E-state index in [-0.39, 0.29) is 0 Å². The van der Waals surface area contributed by atoms with Crippen LogP contribution >= 0.6 is 22.6 Å². The molecule has 0 saturated heterocycles. The molecule has 1 rings (SSSR count). The molecule has 0 aromatic rings. The Kier molecular flexibility index (Phi) is 4.08. The molecule has 2 unspecified atom stereocenters. The van der Waals surface area contributed by atoms with E-state index in [1.165, 1.54) is 19.3 Å². The lowest BCUT2D eigenvalue weighted by Gasteiger charge is -2.30. The van der Waals surface area contributed by atoms with Crippen molar-refractivity contribution < 1.29 is 0 Å². The molecular weight excluding hydrogens is 259 g/mol. The lowest BCUT2D eigenvalue weighted by atomic mass is 9.80. The first-order valence-corrected chi connectivity index (χ1v) is 6.28. The highest BCUT2D eigenvalue weighted by Crippen LogP contribution is 2.36. The van der Waals surface area contributed by atoms with Gasteiger partial charge >= 0.3 is 0 Å². The predicted octanol–water partition coefficient (Wildman–Crippen LogP) is 4.19. The van der Waals surface area contributed by atoms with Crippen LogP contribution in [0, 0.1) is 11.8 Å². The van der Waals surface area contributed by atoms with Gasteiger partial charge in [-0.15, -0.1) is 0 Å². The fourth-order valence-electron chi connectivity index (χ4n) is 2.09. The fourth-order valence-corrected chi connectivity index (χ4v) is 3.39. The Labute approximate surface area is 90.0 Å². The molecule has 1 aliphatic rings. The Morgan fingerprint density at radius 3 is 2.67 bits per heavy atom. The van der Waals surface area contributed by atoms with Crippen molar-refractivity contribution in [2.75, 3.05) is 0 Å². The van der Waals surface area contributed by atoms with Crippen LogP contribution in [-0.4, -0.2) is 3.92 Å². The van der Waals surface area contributed by atoms with Crippen LogP contribution in [-0.2, 0) is 0 Å². The van der Waals surface area contributed by atoms with Gasteiger partial charge in [0.2, 0.25) is 0 Å². The highest BCUT2D eigenvalue weighted by Gasteiger charge is 2.24. The summed E-state index contributed by atoms with van der Waals surface area (Å²) in [5, 5.41) is 0. The van der Waals surface area contributed by atoms with Gasteiger partial charge in [0.1, 0.15) is 0 Å². The van der Waals surface area contributed by atoms with E-state index in [0.717, 1.165) is 15.8 Å². The molecule has 0 saturated carbocycles. The molecule has 3 atom stereocenters. The van der Waals surface area contributed by atoms with Gasteiger partial charge in [-0.05, 0) is 24.7 Å². The quantitative estimate of drug-likeness (QED) is 0.403. The topological polar surface area (TPSA) is 0 Å². The second-order valence-corrected chi connectivity index (χ2v) is 5.33. The first-order chi connectivity index (χ1) is 5.69. The summed E-state index contributed by atoms with van der Waals surface area (Å²) in [4.78, 5) is 0. The van der Waals surface area contributed by atoms with Gasteiger partial charge in [0.15, 0.2) is 0 Å². The average molecular weight is 278 g/mol. The molecule has 0 fully saturated rings. The third kappa shape index (κ3) is 2.24. The number of hydrogen-bond acceptors (Lipinski definition) is 0. The standard InChI is InChI=1S/C11H19I/c1-4-9-7-11(12)10(5-2)6-8(9)3/h6,8-9,11H,4-5,7H2,1-3H3/t8?,9?,11-/m1/s1. The van der Waals surface area contributed by atoms with Gasteiger partial charge in [-0.25, -0.2) is 0 Å². The normalized spacial score (nSPS) is 36.3. The number of alkyl halides is 1. The van der Waals surface area contributed by atoms with Gasteiger partial charge in [0.25, 0.3) is 0 Å². The third-order valence-electron chi connectivity index (χ3n) is 3.07. The number of allylic oxidation sites excluding steroid dienone is 2. The SMILES string of the molecule is CCC1=CC(C)C(CC)C[C@H]1I. The molecule has 0 aromatic carbocycles. The summed E-state index contributed by atoms with van der Waals surface area (Å²) in [5.41, 5.74) is 1.67. The number of hydrogen-bond donors (Lipinski definition) is 0. The van der Waals surface area contributed by atoms with E-state index in [0.29, 0.717) is 0 Å². The van der Waals surface area contributed by atoms with Crippen LogP contribution in [0.5, 0.6) is 0 Å². The van der Waals surface area contributed by atoms with Crippen molar-refractivity contribution in [3.8, 4) is 0 Å². The lowest BCUT2D eigenvalue weighted by molar-refractivity contribution is 0.366. The van der Waals surface area contributed by atoms with E-state index in [4.69, 9.17) is 0 Å². The van der Waals surface area contributed by atoms with E-state index in [1.54, 1.807) is 5.57 Å². The van der Waals surface area contributed by atoms with E-state index < -0.39 is 0 Å². The maximum Gasteiger partial charge on any atom is 0.0321 e. The monoisotopic (exact) mass is 278 g/mol. The molecule has 0 aliphatic heterocycles. The minimum atomic E-state index is 0.814. The molecule has 0 radical (unpaired) electrons. The Morgan fingerprint density at radius 2 is 2.17 bits per heavy atom. The van der Waals surface area contributed by atoms with Gasteiger partial charge in [-0.2, -0.15) is 0 Å². The van der Waals surface area contributed by atoms with E-state index in [1.807, 2.05) is 0 Å². The van der Waals surface area contributed by atoms with Crippen LogP contribution in [0.2, 0.25) is 0 Å². The number of halogens is 1. The third-order valence-corrected chi connectivity index (χ3v) is 4.37. The van der Waals surface area contributed by atoms with Crippen molar-refractivity contribution in [2.24, 2.45) is 11.8 Å².